The molecule has 1 unspecified atom stereocenters. The van der Waals surface area contributed by atoms with E-state index in [1.54, 1.807) is 25.6 Å². The van der Waals surface area contributed by atoms with Gasteiger partial charge in [-0.15, -0.1) is 0 Å². The van der Waals surface area contributed by atoms with Crippen LogP contribution in [0.1, 0.15) is 26.5 Å². The van der Waals surface area contributed by atoms with Gasteiger partial charge in [-0.1, -0.05) is 26.8 Å². The molecule has 0 radical (unpaired) electrons. The summed E-state index contributed by atoms with van der Waals surface area (Å²) < 4.78 is 10.5. The average Bonchev–Trinajstić information content (AvgIpc) is 2.66. The summed E-state index contributed by atoms with van der Waals surface area (Å²) in [6, 6.07) is 9.46. The van der Waals surface area contributed by atoms with Gasteiger partial charge >= 0.3 is 6.09 Å². The van der Waals surface area contributed by atoms with Crippen LogP contribution in [0.2, 0.25) is 0 Å². The lowest BCUT2D eigenvalue weighted by molar-refractivity contribution is 0.0368. The summed E-state index contributed by atoms with van der Waals surface area (Å²) in [7, 11) is 1.58. The van der Waals surface area contributed by atoms with Crippen molar-refractivity contribution in [3.05, 3.63) is 48.4 Å². The van der Waals surface area contributed by atoms with E-state index in [0.29, 0.717) is 12.3 Å². The fraction of sp³-hybridized carbons (Fsp3) is 0.333. The fourth-order valence-corrected chi connectivity index (χ4v) is 2.91. The molecule has 0 aliphatic carbocycles. The van der Waals surface area contributed by atoms with Gasteiger partial charge in [0.05, 0.1) is 12.6 Å². The van der Waals surface area contributed by atoms with E-state index in [-0.39, 0.29) is 11.5 Å². The van der Waals surface area contributed by atoms with Crippen LogP contribution in [-0.2, 0) is 11.2 Å². The summed E-state index contributed by atoms with van der Waals surface area (Å²) in [6.45, 7) is 5.99. The summed E-state index contributed by atoms with van der Waals surface area (Å²) in [5.41, 5.74) is 9.15. The van der Waals surface area contributed by atoms with E-state index in [4.69, 9.17) is 15.2 Å². The van der Waals surface area contributed by atoms with Crippen molar-refractivity contribution in [1.29, 1.82) is 0 Å². The van der Waals surface area contributed by atoms with Gasteiger partial charge in [-0.05, 0) is 23.6 Å². The Labute approximate surface area is 163 Å². The minimum absolute atomic E-state index is 0.253. The molecular formula is C21H24N4O3. The smallest absolute Gasteiger partial charge is 0.404 e. The number of ether oxygens (including phenoxy) is 2. The van der Waals surface area contributed by atoms with Crippen LogP contribution in [0, 0.1) is 5.41 Å². The highest BCUT2D eigenvalue weighted by Crippen LogP contribution is 2.29. The van der Waals surface area contributed by atoms with Gasteiger partial charge < -0.3 is 15.2 Å². The minimum Gasteiger partial charge on any atom is -0.481 e. The first kappa shape index (κ1) is 19.5. The molecule has 3 aromatic heterocycles. The molecule has 0 spiro atoms. The largest absolute Gasteiger partial charge is 0.481 e. The first-order chi connectivity index (χ1) is 13.3. The molecule has 0 saturated heterocycles. The third kappa shape index (κ3) is 4.36. The predicted octanol–water partition coefficient (Wildman–Crippen LogP) is 3.75. The summed E-state index contributed by atoms with van der Waals surface area (Å²) in [6.07, 6.45) is 2.87. The maximum atomic E-state index is 11.2. The lowest BCUT2D eigenvalue weighted by atomic mass is 9.86. The van der Waals surface area contributed by atoms with E-state index < -0.39 is 6.09 Å². The second-order valence-corrected chi connectivity index (χ2v) is 7.61. The summed E-state index contributed by atoms with van der Waals surface area (Å²) in [5.74, 6) is 0.531. The number of methoxy groups -OCH3 is 1. The van der Waals surface area contributed by atoms with Gasteiger partial charge in [-0.2, -0.15) is 0 Å². The summed E-state index contributed by atoms with van der Waals surface area (Å²) in [4.78, 5) is 24.6. The van der Waals surface area contributed by atoms with Crippen molar-refractivity contribution in [3.63, 3.8) is 0 Å². The highest BCUT2D eigenvalue weighted by Gasteiger charge is 2.28. The third-order valence-electron chi connectivity index (χ3n) is 4.52. The quantitative estimate of drug-likeness (QED) is 0.723. The van der Waals surface area contributed by atoms with Crippen LogP contribution in [0.25, 0.3) is 22.2 Å². The Morgan fingerprint density at radius 2 is 1.93 bits per heavy atom. The molecule has 28 heavy (non-hydrogen) atoms. The van der Waals surface area contributed by atoms with Gasteiger partial charge in [0.15, 0.2) is 0 Å². The number of carbonyl (C=O) groups excluding carboxylic acids is 1. The Kier molecular flexibility index (Phi) is 5.44. The molecule has 3 heterocycles. The van der Waals surface area contributed by atoms with Gasteiger partial charge in [-0.25, -0.2) is 9.78 Å². The van der Waals surface area contributed by atoms with Crippen molar-refractivity contribution >= 4 is 17.1 Å². The number of rotatable bonds is 5. The number of nitrogens with zero attached hydrogens (tertiary/aromatic N) is 3. The van der Waals surface area contributed by atoms with E-state index in [1.165, 1.54) is 0 Å². The van der Waals surface area contributed by atoms with Crippen LogP contribution in [0.4, 0.5) is 4.79 Å². The molecule has 146 valence electrons. The predicted molar refractivity (Wildman–Crippen MR) is 107 cm³/mol. The molecule has 0 aliphatic rings. The zero-order valence-corrected chi connectivity index (χ0v) is 16.5. The highest BCUT2D eigenvalue weighted by molar-refractivity contribution is 5.91. The Morgan fingerprint density at radius 3 is 2.54 bits per heavy atom. The standard InChI is InChI=1S/C21H24N4O3/c1-21(2,3)17(28-20(22)26)11-14-6-5-13(12-24-14)15-9-10-23-16-7-8-18(27-4)25-19(15)16/h5-10,12,17H,11H2,1-4H3,(H2,22,26). The van der Waals surface area contributed by atoms with E-state index in [2.05, 4.69) is 15.0 Å². The molecule has 1 atom stereocenters. The molecule has 1 amide bonds. The van der Waals surface area contributed by atoms with Crippen LogP contribution in [0.3, 0.4) is 0 Å². The molecule has 0 aromatic carbocycles. The molecular weight excluding hydrogens is 356 g/mol. The van der Waals surface area contributed by atoms with Crippen molar-refractivity contribution in [2.75, 3.05) is 7.11 Å². The van der Waals surface area contributed by atoms with Crippen molar-refractivity contribution in [2.45, 2.75) is 33.3 Å². The first-order valence-electron chi connectivity index (χ1n) is 8.99. The van der Waals surface area contributed by atoms with E-state index >= 15 is 0 Å². The van der Waals surface area contributed by atoms with Crippen LogP contribution in [-0.4, -0.2) is 34.3 Å². The van der Waals surface area contributed by atoms with Crippen LogP contribution >= 0.6 is 0 Å². The molecule has 3 rings (SSSR count). The third-order valence-corrected chi connectivity index (χ3v) is 4.52. The zero-order chi connectivity index (χ0) is 20.3. The number of primary amides is 1. The topological polar surface area (TPSA) is 100 Å². The molecule has 3 aromatic rings. The minimum atomic E-state index is -0.778. The first-order valence-corrected chi connectivity index (χ1v) is 8.99. The lowest BCUT2D eigenvalue weighted by Crippen LogP contribution is -2.35. The average molecular weight is 380 g/mol. The number of pyridine rings is 3. The number of nitrogens with two attached hydrogens (primary N) is 1. The van der Waals surface area contributed by atoms with E-state index in [1.807, 2.05) is 45.0 Å². The summed E-state index contributed by atoms with van der Waals surface area (Å²) in [5, 5.41) is 0. The molecule has 0 fully saturated rings. The SMILES string of the molecule is COc1ccc2nccc(-c3ccc(CC(OC(N)=O)C(C)(C)C)nc3)c2n1. The van der Waals surface area contributed by atoms with Gasteiger partial charge in [0, 0.05) is 41.7 Å². The number of hydrogen-bond donors (Lipinski definition) is 1. The van der Waals surface area contributed by atoms with Crippen molar-refractivity contribution < 1.29 is 14.3 Å². The van der Waals surface area contributed by atoms with Crippen LogP contribution in [0.15, 0.2) is 42.7 Å². The fourth-order valence-electron chi connectivity index (χ4n) is 2.91. The molecule has 7 heteroatoms. The zero-order valence-electron chi connectivity index (χ0n) is 16.5. The maximum Gasteiger partial charge on any atom is 0.404 e. The van der Waals surface area contributed by atoms with E-state index in [0.717, 1.165) is 27.9 Å². The van der Waals surface area contributed by atoms with Crippen LogP contribution in [0.5, 0.6) is 5.88 Å². The number of aromatic nitrogens is 3. The number of carbonyl (C=O) groups is 1. The van der Waals surface area contributed by atoms with Gasteiger partial charge in [0.1, 0.15) is 11.6 Å². The molecule has 0 bridgehead atoms. The van der Waals surface area contributed by atoms with Gasteiger partial charge in [-0.3, -0.25) is 9.97 Å². The second-order valence-electron chi connectivity index (χ2n) is 7.61. The Bertz CT molecular complexity index is 981. The van der Waals surface area contributed by atoms with E-state index in [9.17, 15) is 4.79 Å². The number of fused-ring (bicyclic) bond motifs is 1. The maximum absolute atomic E-state index is 11.2. The molecule has 0 saturated carbocycles. The van der Waals surface area contributed by atoms with Gasteiger partial charge in [0.25, 0.3) is 0 Å². The Hall–Kier alpha value is -3.22. The Balaban J connectivity index is 1.90. The normalized spacial score (nSPS) is 12.6. The van der Waals surface area contributed by atoms with Crippen LogP contribution < -0.4 is 10.5 Å². The highest BCUT2D eigenvalue weighted by atomic mass is 16.6. The molecule has 0 aliphatic heterocycles. The number of hydrogen-bond acceptors (Lipinski definition) is 6. The van der Waals surface area contributed by atoms with Crippen molar-refractivity contribution in [1.82, 2.24) is 15.0 Å². The molecule has 7 nitrogen and oxygen atoms in total. The Morgan fingerprint density at radius 1 is 1.14 bits per heavy atom. The second kappa shape index (κ2) is 7.80. The summed E-state index contributed by atoms with van der Waals surface area (Å²) >= 11 is 0. The van der Waals surface area contributed by atoms with Gasteiger partial charge in [0.2, 0.25) is 5.88 Å². The number of amides is 1. The monoisotopic (exact) mass is 380 g/mol. The lowest BCUT2D eigenvalue weighted by Gasteiger charge is -2.29. The van der Waals surface area contributed by atoms with Crippen molar-refractivity contribution in [2.24, 2.45) is 11.1 Å². The van der Waals surface area contributed by atoms with Crippen molar-refractivity contribution in [3.8, 4) is 17.0 Å². The molecule has 2 N–H and O–H groups in total.